The highest BCUT2D eigenvalue weighted by Gasteiger charge is 2.24. The van der Waals surface area contributed by atoms with Crippen LogP contribution >= 0.6 is 34.8 Å². The van der Waals surface area contributed by atoms with Crippen LogP contribution in [-0.2, 0) is 0 Å². The predicted octanol–water partition coefficient (Wildman–Crippen LogP) is 3.84. The Kier molecular flexibility index (Phi) is 4.18. The molecular formula is C12H12Cl3NO. The fraction of sp³-hybridized carbons (Fsp3) is 0.417. The van der Waals surface area contributed by atoms with E-state index in [0.29, 0.717) is 22.2 Å². The van der Waals surface area contributed by atoms with Crippen molar-refractivity contribution in [1.82, 2.24) is 4.90 Å². The average Bonchev–Trinajstić information content (AvgIpc) is 2.32. The van der Waals surface area contributed by atoms with Gasteiger partial charge in [-0.3, -0.25) is 4.79 Å². The topological polar surface area (TPSA) is 20.3 Å². The minimum Gasteiger partial charge on any atom is -0.337 e. The van der Waals surface area contributed by atoms with E-state index in [1.54, 1.807) is 23.1 Å². The monoisotopic (exact) mass is 291 g/mol. The van der Waals surface area contributed by atoms with E-state index in [1.807, 2.05) is 0 Å². The van der Waals surface area contributed by atoms with Crippen LogP contribution in [0.2, 0.25) is 10.0 Å². The molecule has 92 valence electrons. The van der Waals surface area contributed by atoms with Gasteiger partial charge in [0.05, 0.1) is 21.0 Å². The summed E-state index contributed by atoms with van der Waals surface area (Å²) < 4.78 is 0. The second-order valence-electron chi connectivity index (χ2n) is 4.09. The Morgan fingerprint density at radius 3 is 2.82 bits per heavy atom. The first-order valence-electron chi connectivity index (χ1n) is 5.47. The van der Waals surface area contributed by atoms with E-state index in [1.165, 1.54) is 0 Å². The Hall–Kier alpha value is -0.440. The van der Waals surface area contributed by atoms with Crippen molar-refractivity contribution in [2.75, 3.05) is 13.1 Å². The molecule has 1 aromatic carbocycles. The van der Waals surface area contributed by atoms with Crippen LogP contribution in [0.5, 0.6) is 0 Å². The number of alkyl halides is 1. The summed E-state index contributed by atoms with van der Waals surface area (Å²) in [6.07, 6.45) is 1.88. The molecule has 1 aromatic rings. The molecule has 2 nitrogen and oxygen atoms in total. The summed E-state index contributed by atoms with van der Waals surface area (Å²) in [7, 11) is 0. The SMILES string of the molecule is O=C(c1cccc(Cl)c1Cl)N1CCCC(Cl)C1. The van der Waals surface area contributed by atoms with Crippen LogP contribution in [0.3, 0.4) is 0 Å². The maximum Gasteiger partial charge on any atom is 0.255 e. The van der Waals surface area contributed by atoms with Crippen LogP contribution in [0, 0.1) is 0 Å². The van der Waals surface area contributed by atoms with Gasteiger partial charge >= 0.3 is 0 Å². The van der Waals surface area contributed by atoms with E-state index < -0.39 is 0 Å². The molecule has 0 spiro atoms. The zero-order chi connectivity index (χ0) is 12.4. The average molecular weight is 293 g/mol. The van der Waals surface area contributed by atoms with Crippen LogP contribution in [-0.4, -0.2) is 29.3 Å². The summed E-state index contributed by atoms with van der Waals surface area (Å²) in [6.45, 7) is 1.30. The molecule has 1 fully saturated rings. The summed E-state index contributed by atoms with van der Waals surface area (Å²) >= 11 is 18.0. The minimum absolute atomic E-state index is 0.0330. The number of piperidine rings is 1. The van der Waals surface area contributed by atoms with Gasteiger partial charge in [0, 0.05) is 13.1 Å². The van der Waals surface area contributed by atoms with Crippen molar-refractivity contribution in [3.05, 3.63) is 33.8 Å². The van der Waals surface area contributed by atoms with E-state index in [2.05, 4.69) is 0 Å². The van der Waals surface area contributed by atoms with Crippen molar-refractivity contribution in [3.8, 4) is 0 Å². The Labute approximate surface area is 115 Å². The number of rotatable bonds is 1. The molecular weight excluding hydrogens is 280 g/mol. The molecule has 0 radical (unpaired) electrons. The molecule has 17 heavy (non-hydrogen) atoms. The summed E-state index contributed by atoms with van der Waals surface area (Å²) in [4.78, 5) is 14.0. The van der Waals surface area contributed by atoms with Crippen molar-refractivity contribution in [3.63, 3.8) is 0 Å². The maximum atomic E-state index is 12.2. The molecule has 1 amide bonds. The third-order valence-electron chi connectivity index (χ3n) is 2.83. The number of amides is 1. The van der Waals surface area contributed by atoms with Gasteiger partial charge in [0.25, 0.3) is 5.91 Å². The van der Waals surface area contributed by atoms with Gasteiger partial charge in [-0.05, 0) is 25.0 Å². The zero-order valence-corrected chi connectivity index (χ0v) is 11.4. The number of halogens is 3. The molecule has 0 bridgehead atoms. The molecule has 1 saturated heterocycles. The van der Waals surface area contributed by atoms with Crippen LogP contribution in [0.1, 0.15) is 23.2 Å². The second-order valence-corrected chi connectivity index (χ2v) is 5.49. The predicted molar refractivity (Wildman–Crippen MR) is 71.2 cm³/mol. The normalized spacial score (nSPS) is 20.4. The summed E-state index contributed by atoms with van der Waals surface area (Å²) in [6, 6.07) is 5.08. The van der Waals surface area contributed by atoms with Crippen LogP contribution in [0.4, 0.5) is 0 Å². The molecule has 1 heterocycles. The van der Waals surface area contributed by atoms with E-state index in [0.717, 1.165) is 19.4 Å². The van der Waals surface area contributed by atoms with Crippen LogP contribution < -0.4 is 0 Å². The number of nitrogens with zero attached hydrogens (tertiary/aromatic N) is 1. The Balaban J connectivity index is 2.22. The molecule has 0 saturated carbocycles. The molecule has 1 aliphatic heterocycles. The van der Waals surface area contributed by atoms with Gasteiger partial charge in [0.15, 0.2) is 0 Å². The molecule has 0 aliphatic carbocycles. The van der Waals surface area contributed by atoms with E-state index in [9.17, 15) is 4.79 Å². The second kappa shape index (κ2) is 5.47. The van der Waals surface area contributed by atoms with Crippen molar-refractivity contribution < 1.29 is 4.79 Å². The number of hydrogen-bond donors (Lipinski definition) is 0. The lowest BCUT2D eigenvalue weighted by molar-refractivity contribution is 0.0727. The number of likely N-dealkylation sites (tertiary alicyclic amines) is 1. The van der Waals surface area contributed by atoms with Gasteiger partial charge in [0.2, 0.25) is 0 Å². The third kappa shape index (κ3) is 2.87. The maximum absolute atomic E-state index is 12.2. The molecule has 0 N–H and O–H groups in total. The highest BCUT2D eigenvalue weighted by Crippen LogP contribution is 2.27. The molecule has 0 aromatic heterocycles. The fourth-order valence-corrected chi connectivity index (χ4v) is 2.65. The van der Waals surface area contributed by atoms with Gasteiger partial charge < -0.3 is 4.90 Å². The Morgan fingerprint density at radius 2 is 2.12 bits per heavy atom. The van der Waals surface area contributed by atoms with Gasteiger partial charge in [-0.15, -0.1) is 11.6 Å². The van der Waals surface area contributed by atoms with E-state index >= 15 is 0 Å². The molecule has 1 unspecified atom stereocenters. The quantitative estimate of drug-likeness (QED) is 0.720. The van der Waals surface area contributed by atoms with Crippen molar-refractivity contribution in [2.45, 2.75) is 18.2 Å². The molecule has 5 heteroatoms. The first kappa shape index (κ1) is 13.0. The third-order valence-corrected chi connectivity index (χ3v) is 4.01. The van der Waals surface area contributed by atoms with Gasteiger partial charge in [-0.25, -0.2) is 0 Å². The van der Waals surface area contributed by atoms with Gasteiger partial charge in [-0.2, -0.15) is 0 Å². The van der Waals surface area contributed by atoms with Gasteiger partial charge in [0.1, 0.15) is 0 Å². The number of hydrogen-bond acceptors (Lipinski definition) is 1. The van der Waals surface area contributed by atoms with Gasteiger partial charge in [-0.1, -0.05) is 29.3 Å². The smallest absolute Gasteiger partial charge is 0.255 e. The summed E-state index contributed by atoms with van der Waals surface area (Å²) in [5.74, 6) is -0.0946. The summed E-state index contributed by atoms with van der Waals surface area (Å²) in [5.41, 5.74) is 0.449. The lowest BCUT2D eigenvalue weighted by Crippen LogP contribution is -2.40. The highest BCUT2D eigenvalue weighted by atomic mass is 35.5. The van der Waals surface area contributed by atoms with Crippen molar-refractivity contribution >= 4 is 40.7 Å². The largest absolute Gasteiger partial charge is 0.337 e. The molecule has 2 rings (SSSR count). The van der Waals surface area contributed by atoms with E-state index in [-0.39, 0.29) is 11.3 Å². The first-order valence-corrected chi connectivity index (χ1v) is 6.66. The number of carbonyl (C=O) groups is 1. The Morgan fingerprint density at radius 1 is 1.35 bits per heavy atom. The molecule has 1 aliphatic rings. The Bertz CT molecular complexity index is 436. The zero-order valence-electron chi connectivity index (χ0n) is 9.13. The fourth-order valence-electron chi connectivity index (χ4n) is 1.95. The van der Waals surface area contributed by atoms with E-state index in [4.69, 9.17) is 34.8 Å². The van der Waals surface area contributed by atoms with Crippen molar-refractivity contribution in [2.24, 2.45) is 0 Å². The van der Waals surface area contributed by atoms with Crippen LogP contribution in [0.25, 0.3) is 0 Å². The first-order chi connectivity index (χ1) is 8.09. The number of benzene rings is 1. The number of carbonyl (C=O) groups excluding carboxylic acids is 1. The molecule has 1 atom stereocenters. The van der Waals surface area contributed by atoms with Crippen LogP contribution in [0.15, 0.2) is 18.2 Å². The standard InChI is InChI=1S/C12H12Cl3NO/c13-8-3-2-6-16(7-8)12(17)9-4-1-5-10(14)11(9)15/h1,4-5,8H,2-3,6-7H2. The lowest BCUT2D eigenvalue weighted by Gasteiger charge is -2.30. The summed E-state index contributed by atoms with van der Waals surface area (Å²) in [5, 5.41) is 0.749. The van der Waals surface area contributed by atoms with Crippen molar-refractivity contribution in [1.29, 1.82) is 0 Å². The lowest BCUT2D eigenvalue weighted by atomic mass is 10.1. The highest BCUT2D eigenvalue weighted by molar-refractivity contribution is 6.43. The minimum atomic E-state index is -0.0946.